The van der Waals surface area contributed by atoms with Crippen molar-refractivity contribution in [3.63, 3.8) is 0 Å². The van der Waals surface area contributed by atoms with E-state index in [1.807, 2.05) is 6.92 Å². The number of hydrogen-bond donors (Lipinski definition) is 1. The largest absolute Gasteiger partial charge is 0.446 e. The first-order valence-corrected chi connectivity index (χ1v) is 15.0. The highest BCUT2D eigenvalue weighted by Gasteiger charge is 2.66. The molecule has 206 valence electrons. The van der Waals surface area contributed by atoms with Crippen LogP contribution in [0.15, 0.2) is 12.4 Å². The number of nitrogens with one attached hydrogen (secondary N) is 1. The van der Waals surface area contributed by atoms with Crippen molar-refractivity contribution in [2.45, 2.75) is 94.1 Å². The molecule has 1 aromatic rings. The van der Waals surface area contributed by atoms with E-state index in [9.17, 15) is 22.0 Å². The van der Waals surface area contributed by atoms with E-state index < -0.39 is 39.7 Å². The summed E-state index contributed by atoms with van der Waals surface area (Å²) in [7, 11) is -3.52. The van der Waals surface area contributed by atoms with Gasteiger partial charge in [0.25, 0.3) is 0 Å². The molecule has 4 fully saturated rings. The van der Waals surface area contributed by atoms with Crippen LogP contribution in [0.2, 0.25) is 0 Å². The summed E-state index contributed by atoms with van der Waals surface area (Å²) in [4.78, 5) is 23.0. The topological polar surface area (TPSA) is 111 Å². The lowest BCUT2D eigenvalue weighted by molar-refractivity contribution is -0.0337. The number of ether oxygens (including phenoxy) is 2. The molecule has 9 nitrogen and oxygen atoms in total. The Bertz CT molecular complexity index is 1120. The van der Waals surface area contributed by atoms with Crippen LogP contribution in [-0.4, -0.2) is 78.7 Å². The summed E-state index contributed by atoms with van der Waals surface area (Å²) >= 11 is 0. The summed E-state index contributed by atoms with van der Waals surface area (Å²) in [5.74, 6) is 0.887. The normalized spacial score (nSPS) is 36.5. The van der Waals surface area contributed by atoms with Gasteiger partial charge in [0.2, 0.25) is 10.0 Å². The maximum atomic E-state index is 14.4. The Labute approximate surface area is 216 Å². The van der Waals surface area contributed by atoms with Crippen LogP contribution in [0.25, 0.3) is 0 Å². The molecule has 0 spiro atoms. The first kappa shape index (κ1) is 26.7. The standard InChI is InChI=1S/C25H36F2N4O5S/c1-15-9-20(30-37(3,33)34)21(31(15)23(32)36-14-24(27)6-4-7-24)13-35-18-5-8-25(16(2)19(25)10-18)22-28-11-17(26)12-29-22/h11-12,15-16,18-21,30H,4-10,13-14H2,1-3H3/t15-,16+,18+,19-,20+,21+,25-/m1/s1. The third kappa shape index (κ3) is 5.21. The fourth-order valence-electron chi connectivity index (χ4n) is 6.82. The zero-order valence-electron chi connectivity index (χ0n) is 21.5. The molecule has 3 saturated carbocycles. The maximum Gasteiger partial charge on any atom is 0.410 e. The van der Waals surface area contributed by atoms with Gasteiger partial charge in [-0.05, 0) is 63.7 Å². The summed E-state index contributed by atoms with van der Waals surface area (Å²) in [6.07, 6.45) is 7.09. The van der Waals surface area contributed by atoms with Crippen LogP contribution >= 0.6 is 0 Å². The Kier molecular flexibility index (Phi) is 6.98. The number of fused-ring (bicyclic) bond motifs is 1. The van der Waals surface area contributed by atoms with E-state index in [1.54, 1.807) is 0 Å². The van der Waals surface area contributed by atoms with Crippen molar-refractivity contribution in [1.82, 2.24) is 19.6 Å². The van der Waals surface area contributed by atoms with Crippen molar-refractivity contribution >= 4 is 16.1 Å². The van der Waals surface area contributed by atoms with Gasteiger partial charge >= 0.3 is 6.09 Å². The van der Waals surface area contributed by atoms with E-state index in [0.717, 1.165) is 31.9 Å². The minimum Gasteiger partial charge on any atom is -0.446 e. The molecule has 3 aliphatic carbocycles. The number of amides is 1. The number of halogens is 2. The van der Waals surface area contributed by atoms with Gasteiger partial charge in [-0.2, -0.15) is 0 Å². The molecular weight excluding hydrogens is 506 g/mol. The van der Waals surface area contributed by atoms with Crippen LogP contribution in [0.5, 0.6) is 0 Å². The number of carbonyl (C=O) groups excluding carboxylic acids is 1. The summed E-state index contributed by atoms with van der Waals surface area (Å²) in [6, 6.07) is -1.40. The number of aromatic nitrogens is 2. The molecule has 2 heterocycles. The molecule has 5 rings (SSSR count). The number of likely N-dealkylation sites (tertiary alicyclic amines) is 1. The van der Waals surface area contributed by atoms with Gasteiger partial charge in [-0.15, -0.1) is 0 Å². The molecule has 37 heavy (non-hydrogen) atoms. The lowest BCUT2D eigenvalue weighted by Gasteiger charge is -2.35. The fraction of sp³-hybridized carbons (Fsp3) is 0.800. The Morgan fingerprint density at radius 2 is 1.92 bits per heavy atom. The smallest absolute Gasteiger partial charge is 0.410 e. The third-order valence-electron chi connectivity index (χ3n) is 9.08. The zero-order valence-corrected chi connectivity index (χ0v) is 22.3. The zero-order chi connectivity index (χ0) is 26.6. The van der Waals surface area contributed by atoms with Crippen molar-refractivity contribution in [2.75, 3.05) is 19.5 Å². The monoisotopic (exact) mass is 542 g/mol. The molecule has 0 unspecified atom stereocenters. The average Bonchev–Trinajstić information content (AvgIpc) is 3.28. The Morgan fingerprint density at radius 3 is 2.51 bits per heavy atom. The van der Waals surface area contributed by atoms with Crippen LogP contribution in [0.3, 0.4) is 0 Å². The molecule has 12 heteroatoms. The van der Waals surface area contributed by atoms with Crippen LogP contribution < -0.4 is 4.72 Å². The second kappa shape index (κ2) is 9.68. The second-order valence-electron chi connectivity index (χ2n) is 11.5. The van der Waals surface area contributed by atoms with Gasteiger partial charge < -0.3 is 9.47 Å². The fourth-order valence-corrected chi connectivity index (χ4v) is 7.62. The number of carbonyl (C=O) groups is 1. The highest BCUT2D eigenvalue weighted by molar-refractivity contribution is 7.88. The Hall–Kier alpha value is -1.92. The van der Waals surface area contributed by atoms with Crippen molar-refractivity contribution < 1.29 is 31.5 Å². The van der Waals surface area contributed by atoms with E-state index >= 15 is 0 Å². The molecule has 1 saturated heterocycles. The summed E-state index contributed by atoms with van der Waals surface area (Å²) in [6.45, 7) is 3.83. The lowest BCUT2D eigenvalue weighted by atomic mass is 9.83. The van der Waals surface area contributed by atoms with E-state index in [-0.39, 0.29) is 30.8 Å². The molecule has 1 aliphatic heterocycles. The minimum atomic E-state index is -3.52. The van der Waals surface area contributed by atoms with E-state index in [4.69, 9.17) is 9.47 Å². The molecular formula is C25H36F2N4O5S. The highest BCUT2D eigenvalue weighted by atomic mass is 32.2. The van der Waals surface area contributed by atoms with Crippen molar-refractivity contribution in [3.8, 4) is 0 Å². The van der Waals surface area contributed by atoms with Crippen molar-refractivity contribution in [1.29, 1.82) is 0 Å². The third-order valence-corrected chi connectivity index (χ3v) is 9.81. The molecule has 0 aromatic carbocycles. The van der Waals surface area contributed by atoms with Gasteiger partial charge in [-0.1, -0.05) is 6.92 Å². The number of sulfonamides is 1. The molecule has 1 N–H and O–H groups in total. The molecule has 1 aromatic heterocycles. The van der Waals surface area contributed by atoms with Crippen LogP contribution in [0.1, 0.15) is 64.6 Å². The quantitative estimate of drug-likeness (QED) is 0.537. The van der Waals surface area contributed by atoms with Gasteiger partial charge in [0.15, 0.2) is 5.82 Å². The Balaban J connectivity index is 1.24. The number of alkyl halides is 1. The second-order valence-corrected chi connectivity index (χ2v) is 13.3. The van der Waals surface area contributed by atoms with Crippen molar-refractivity contribution in [2.24, 2.45) is 11.8 Å². The minimum absolute atomic E-state index is 0.0692. The summed E-state index contributed by atoms with van der Waals surface area (Å²) in [5, 5.41) is 0. The molecule has 0 bridgehead atoms. The SMILES string of the molecule is C[C@@H]1C[C@H](NS(C)(=O)=O)[C@H](CO[C@H]2CC[C@]3(c4ncc(F)cn4)[C@H](C2)[C@@H]3C)N1C(=O)OCC1(F)CCC1. The molecule has 0 radical (unpaired) electrons. The van der Waals surface area contributed by atoms with Gasteiger partial charge in [-0.25, -0.2) is 36.7 Å². The summed E-state index contributed by atoms with van der Waals surface area (Å²) in [5.41, 5.74) is -1.62. The van der Waals surface area contributed by atoms with E-state index in [0.29, 0.717) is 36.9 Å². The number of nitrogens with zero attached hydrogens (tertiary/aromatic N) is 3. The maximum absolute atomic E-state index is 14.4. The van der Waals surface area contributed by atoms with Gasteiger partial charge in [0.1, 0.15) is 18.1 Å². The van der Waals surface area contributed by atoms with Gasteiger partial charge in [0, 0.05) is 17.5 Å². The summed E-state index contributed by atoms with van der Waals surface area (Å²) < 4.78 is 66.1. The Morgan fingerprint density at radius 1 is 1.22 bits per heavy atom. The first-order valence-electron chi connectivity index (χ1n) is 13.1. The number of rotatable bonds is 8. The van der Waals surface area contributed by atoms with Crippen molar-refractivity contribution in [3.05, 3.63) is 24.0 Å². The van der Waals surface area contributed by atoms with Gasteiger partial charge in [-0.3, -0.25) is 4.90 Å². The lowest BCUT2D eigenvalue weighted by Crippen LogP contribution is -2.51. The predicted molar refractivity (Wildman–Crippen MR) is 130 cm³/mol. The van der Waals surface area contributed by atoms with Gasteiger partial charge in [0.05, 0.1) is 37.4 Å². The predicted octanol–water partition coefficient (Wildman–Crippen LogP) is 3.10. The molecule has 1 amide bonds. The highest BCUT2D eigenvalue weighted by Crippen LogP contribution is 2.66. The van der Waals surface area contributed by atoms with E-state index in [2.05, 4.69) is 21.6 Å². The number of hydrogen-bond acceptors (Lipinski definition) is 7. The average molecular weight is 543 g/mol. The van der Waals surface area contributed by atoms with Crippen LogP contribution in [-0.2, 0) is 24.9 Å². The molecule has 4 aliphatic rings. The van der Waals surface area contributed by atoms with E-state index in [1.165, 1.54) is 17.3 Å². The first-order chi connectivity index (χ1) is 17.4. The van der Waals surface area contributed by atoms with Crippen LogP contribution in [0, 0.1) is 17.7 Å². The molecule has 7 atom stereocenters. The van der Waals surface area contributed by atoms with Crippen LogP contribution in [0.4, 0.5) is 13.6 Å².